The lowest BCUT2D eigenvalue weighted by atomic mass is 9.83. The van der Waals surface area contributed by atoms with Crippen LogP contribution in [-0.4, -0.2) is 24.2 Å². The monoisotopic (exact) mass is 225 g/mol. The van der Waals surface area contributed by atoms with Crippen LogP contribution in [0.5, 0.6) is 0 Å². The Kier molecular flexibility index (Phi) is 5.00. The number of carboxylic acids is 1. The Balaban J connectivity index is 2.29. The van der Waals surface area contributed by atoms with E-state index >= 15 is 0 Å². The van der Waals surface area contributed by atoms with Crippen LogP contribution < -0.4 is 5.32 Å². The molecule has 0 spiro atoms. The molecule has 0 bridgehead atoms. The van der Waals surface area contributed by atoms with Crippen LogP contribution in [0.25, 0.3) is 0 Å². The minimum Gasteiger partial charge on any atom is -0.478 e. The van der Waals surface area contributed by atoms with Gasteiger partial charge in [-0.1, -0.05) is 25.8 Å². The van der Waals surface area contributed by atoms with Gasteiger partial charge in [-0.15, -0.1) is 0 Å². The Morgan fingerprint density at radius 2 is 2.06 bits per heavy atom. The van der Waals surface area contributed by atoms with E-state index < -0.39 is 5.97 Å². The molecule has 0 radical (unpaired) electrons. The first-order valence-corrected chi connectivity index (χ1v) is 6.20. The number of aliphatic carboxylic acids is 1. The summed E-state index contributed by atoms with van der Waals surface area (Å²) in [7, 11) is 0. The van der Waals surface area contributed by atoms with Gasteiger partial charge in [-0.05, 0) is 31.6 Å². The maximum atomic E-state index is 10.6. The molecule has 0 aromatic rings. The van der Waals surface area contributed by atoms with E-state index in [-0.39, 0.29) is 0 Å². The molecule has 92 valence electrons. The molecule has 2 N–H and O–H groups in total. The molecule has 16 heavy (non-hydrogen) atoms. The van der Waals surface area contributed by atoms with Crippen molar-refractivity contribution in [2.24, 2.45) is 5.41 Å². The van der Waals surface area contributed by atoms with Gasteiger partial charge in [0.2, 0.25) is 0 Å². The van der Waals surface area contributed by atoms with Crippen molar-refractivity contribution in [1.82, 2.24) is 5.32 Å². The highest BCUT2D eigenvalue weighted by Crippen LogP contribution is 2.40. The van der Waals surface area contributed by atoms with Gasteiger partial charge in [-0.3, -0.25) is 0 Å². The maximum absolute atomic E-state index is 10.6. The van der Waals surface area contributed by atoms with Gasteiger partial charge in [0.25, 0.3) is 0 Å². The number of nitrogens with one attached hydrogen (secondary N) is 1. The molecule has 0 saturated heterocycles. The lowest BCUT2D eigenvalue weighted by Crippen LogP contribution is -2.31. The molecule has 0 aliphatic heterocycles. The fourth-order valence-electron chi connectivity index (χ4n) is 2.43. The van der Waals surface area contributed by atoms with E-state index in [9.17, 15) is 4.79 Å². The molecule has 0 amide bonds. The van der Waals surface area contributed by atoms with Crippen molar-refractivity contribution in [3.8, 4) is 0 Å². The third-order valence-corrected chi connectivity index (χ3v) is 3.80. The Bertz CT molecular complexity index is 265. The van der Waals surface area contributed by atoms with Crippen LogP contribution >= 0.6 is 0 Å². The largest absolute Gasteiger partial charge is 0.478 e. The molecule has 3 nitrogen and oxygen atoms in total. The summed E-state index contributed by atoms with van der Waals surface area (Å²) in [4.78, 5) is 10.6. The van der Waals surface area contributed by atoms with E-state index in [1.54, 1.807) is 13.0 Å². The molecule has 1 aliphatic carbocycles. The van der Waals surface area contributed by atoms with Gasteiger partial charge in [-0.2, -0.15) is 0 Å². The second-order valence-corrected chi connectivity index (χ2v) is 4.88. The van der Waals surface area contributed by atoms with Gasteiger partial charge in [0.15, 0.2) is 0 Å². The molecule has 1 aliphatic rings. The fraction of sp³-hybridized carbons (Fsp3) is 0.769. The van der Waals surface area contributed by atoms with E-state index in [1.807, 2.05) is 0 Å². The van der Waals surface area contributed by atoms with Gasteiger partial charge >= 0.3 is 5.97 Å². The number of carboxylic acid groups (broad SMARTS) is 1. The second-order valence-electron chi connectivity index (χ2n) is 4.88. The van der Waals surface area contributed by atoms with E-state index in [2.05, 4.69) is 12.2 Å². The number of rotatable bonds is 6. The Morgan fingerprint density at radius 1 is 1.44 bits per heavy atom. The highest BCUT2D eigenvalue weighted by Gasteiger charge is 2.31. The van der Waals surface area contributed by atoms with Gasteiger partial charge in [0.1, 0.15) is 0 Å². The van der Waals surface area contributed by atoms with E-state index in [0.29, 0.717) is 17.5 Å². The first kappa shape index (κ1) is 13.2. The first-order chi connectivity index (χ1) is 7.59. The summed E-state index contributed by atoms with van der Waals surface area (Å²) in [6.45, 7) is 5.58. The summed E-state index contributed by atoms with van der Waals surface area (Å²) in [5, 5.41) is 12.1. The number of carbonyl (C=O) groups is 1. The zero-order valence-corrected chi connectivity index (χ0v) is 10.4. The molecule has 0 atom stereocenters. The molecule has 1 fully saturated rings. The Morgan fingerprint density at radius 3 is 2.56 bits per heavy atom. The lowest BCUT2D eigenvalue weighted by Gasteiger charge is -2.27. The average molecular weight is 225 g/mol. The Hall–Kier alpha value is -0.830. The molecule has 0 aromatic heterocycles. The van der Waals surface area contributed by atoms with Crippen molar-refractivity contribution in [3.05, 3.63) is 11.6 Å². The van der Waals surface area contributed by atoms with Crippen LogP contribution in [0.2, 0.25) is 0 Å². The molecular formula is C13H23NO2. The molecule has 1 saturated carbocycles. The molecular weight excluding hydrogens is 202 g/mol. The van der Waals surface area contributed by atoms with Crippen LogP contribution in [0.15, 0.2) is 11.6 Å². The molecule has 1 rings (SSSR count). The first-order valence-electron chi connectivity index (χ1n) is 6.20. The molecule has 3 heteroatoms. The van der Waals surface area contributed by atoms with E-state index in [1.165, 1.54) is 32.1 Å². The van der Waals surface area contributed by atoms with Crippen LogP contribution in [0.3, 0.4) is 0 Å². The predicted octanol–water partition coefficient (Wildman–Crippen LogP) is 2.58. The fourth-order valence-corrected chi connectivity index (χ4v) is 2.43. The van der Waals surface area contributed by atoms with Gasteiger partial charge in [0, 0.05) is 18.7 Å². The highest BCUT2D eigenvalue weighted by molar-refractivity contribution is 5.85. The van der Waals surface area contributed by atoms with Crippen LogP contribution in [0.1, 0.15) is 46.0 Å². The third kappa shape index (κ3) is 3.63. The summed E-state index contributed by atoms with van der Waals surface area (Å²) < 4.78 is 0. The van der Waals surface area contributed by atoms with Crippen molar-refractivity contribution in [2.45, 2.75) is 46.0 Å². The standard InChI is InChI=1S/C13H23NO2/c1-3-13(7-4-5-8-13)10-14-9-6-11(2)12(15)16/h6,14H,3-5,7-10H2,1-2H3,(H,15,16)/b11-6-. The Labute approximate surface area is 97.9 Å². The van der Waals surface area contributed by atoms with Crippen molar-refractivity contribution >= 4 is 5.97 Å². The SMILES string of the molecule is CCC1(CNC/C=C(/C)C(=O)O)CCCC1. The third-order valence-electron chi connectivity index (χ3n) is 3.80. The summed E-state index contributed by atoms with van der Waals surface area (Å²) in [5.41, 5.74) is 0.898. The molecule has 0 heterocycles. The second kappa shape index (κ2) is 6.04. The predicted molar refractivity (Wildman–Crippen MR) is 65.5 cm³/mol. The quantitative estimate of drug-likeness (QED) is 0.539. The smallest absolute Gasteiger partial charge is 0.330 e. The zero-order chi connectivity index (χ0) is 12.0. The highest BCUT2D eigenvalue weighted by atomic mass is 16.4. The van der Waals surface area contributed by atoms with Crippen molar-refractivity contribution in [2.75, 3.05) is 13.1 Å². The van der Waals surface area contributed by atoms with Crippen molar-refractivity contribution in [1.29, 1.82) is 0 Å². The van der Waals surface area contributed by atoms with Gasteiger partial charge in [-0.25, -0.2) is 4.79 Å². The van der Waals surface area contributed by atoms with Crippen LogP contribution in [0, 0.1) is 5.41 Å². The number of hydrogen-bond donors (Lipinski definition) is 2. The van der Waals surface area contributed by atoms with Gasteiger partial charge < -0.3 is 10.4 Å². The van der Waals surface area contributed by atoms with Crippen molar-refractivity contribution in [3.63, 3.8) is 0 Å². The normalized spacial score (nSPS) is 20.0. The van der Waals surface area contributed by atoms with Crippen LogP contribution in [-0.2, 0) is 4.79 Å². The van der Waals surface area contributed by atoms with Crippen molar-refractivity contribution < 1.29 is 9.90 Å². The maximum Gasteiger partial charge on any atom is 0.330 e. The summed E-state index contributed by atoms with van der Waals surface area (Å²) in [6.07, 6.45) is 8.30. The average Bonchev–Trinajstić information content (AvgIpc) is 2.73. The summed E-state index contributed by atoms with van der Waals surface area (Å²) >= 11 is 0. The van der Waals surface area contributed by atoms with E-state index in [0.717, 1.165) is 6.54 Å². The molecule has 0 unspecified atom stereocenters. The zero-order valence-electron chi connectivity index (χ0n) is 10.4. The minimum atomic E-state index is -0.826. The lowest BCUT2D eigenvalue weighted by molar-refractivity contribution is -0.132. The summed E-state index contributed by atoms with van der Waals surface area (Å²) in [6, 6.07) is 0. The minimum absolute atomic E-state index is 0.421. The van der Waals surface area contributed by atoms with Crippen LogP contribution in [0.4, 0.5) is 0 Å². The van der Waals surface area contributed by atoms with E-state index in [4.69, 9.17) is 5.11 Å². The molecule has 0 aromatic carbocycles. The van der Waals surface area contributed by atoms with Gasteiger partial charge in [0.05, 0.1) is 0 Å². The number of hydrogen-bond acceptors (Lipinski definition) is 2. The summed E-state index contributed by atoms with van der Waals surface area (Å²) in [5.74, 6) is -0.826. The topological polar surface area (TPSA) is 49.3 Å².